The molecule has 130 valence electrons. The van der Waals surface area contributed by atoms with Gasteiger partial charge in [0.15, 0.2) is 0 Å². The van der Waals surface area contributed by atoms with Crippen LogP contribution in [0, 0.1) is 23.7 Å². The predicted octanol–water partition coefficient (Wildman–Crippen LogP) is 3.24. The van der Waals surface area contributed by atoms with E-state index < -0.39 is 11.7 Å². The van der Waals surface area contributed by atoms with Gasteiger partial charge in [-0.05, 0) is 43.0 Å². The molecule has 0 spiro atoms. The lowest BCUT2D eigenvalue weighted by molar-refractivity contribution is -0.137. The maximum atomic E-state index is 12.5. The highest BCUT2D eigenvalue weighted by Gasteiger charge is 2.29. The Kier molecular flexibility index (Phi) is 6.27. The topological polar surface area (TPSA) is 38.3 Å². The van der Waals surface area contributed by atoms with E-state index in [0.717, 1.165) is 25.0 Å². The van der Waals surface area contributed by atoms with Crippen molar-refractivity contribution in [2.75, 3.05) is 19.8 Å². The summed E-state index contributed by atoms with van der Waals surface area (Å²) in [5, 5.41) is 2.75. The van der Waals surface area contributed by atoms with E-state index in [4.69, 9.17) is 4.74 Å². The van der Waals surface area contributed by atoms with Gasteiger partial charge in [-0.1, -0.05) is 18.8 Å². The van der Waals surface area contributed by atoms with Crippen LogP contribution in [0.5, 0.6) is 0 Å². The second-order valence-corrected chi connectivity index (χ2v) is 5.83. The number of hydrogen-bond donors (Lipinski definition) is 1. The summed E-state index contributed by atoms with van der Waals surface area (Å²) in [5.41, 5.74) is -0.221. The van der Waals surface area contributed by atoms with Crippen molar-refractivity contribution in [1.29, 1.82) is 0 Å². The summed E-state index contributed by atoms with van der Waals surface area (Å²) in [5.74, 6) is 5.68. The third kappa shape index (κ3) is 5.27. The van der Waals surface area contributed by atoms with Crippen LogP contribution in [0.25, 0.3) is 0 Å². The minimum absolute atomic E-state index is 0.0522. The lowest BCUT2D eigenvalue weighted by Gasteiger charge is -2.26. The summed E-state index contributed by atoms with van der Waals surface area (Å²) in [7, 11) is 0. The van der Waals surface area contributed by atoms with Crippen LogP contribution in [0.3, 0.4) is 0 Å². The molecule has 1 N–H and O–H groups in total. The van der Waals surface area contributed by atoms with Crippen molar-refractivity contribution in [2.24, 2.45) is 11.8 Å². The van der Waals surface area contributed by atoms with Crippen LogP contribution < -0.4 is 5.32 Å². The number of ether oxygens (including phenoxy) is 1. The van der Waals surface area contributed by atoms with Gasteiger partial charge in [-0.25, -0.2) is 0 Å². The first kappa shape index (κ1) is 18.3. The second kappa shape index (κ2) is 8.20. The molecule has 24 heavy (non-hydrogen) atoms. The van der Waals surface area contributed by atoms with Crippen LogP contribution in [-0.2, 0) is 15.7 Å². The van der Waals surface area contributed by atoms with Crippen LogP contribution in [0.15, 0.2) is 24.3 Å². The van der Waals surface area contributed by atoms with Crippen molar-refractivity contribution >= 4 is 5.91 Å². The number of nitrogens with one attached hydrogen (secondary N) is 1. The lowest BCUT2D eigenvalue weighted by atomic mass is 9.87. The largest absolute Gasteiger partial charge is 0.416 e. The molecule has 0 unspecified atom stereocenters. The Bertz CT molecular complexity index is 608. The number of rotatable bonds is 3. The van der Waals surface area contributed by atoms with Gasteiger partial charge in [0.2, 0.25) is 5.91 Å². The van der Waals surface area contributed by atoms with E-state index in [1.165, 1.54) is 12.1 Å². The zero-order chi connectivity index (χ0) is 17.6. The summed E-state index contributed by atoms with van der Waals surface area (Å²) >= 11 is 0. The summed E-state index contributed by atoms with van der Waals surface area (Å²) < 4.78 is 42.6. The van der Waals surface area contributed by atoms with Crippen molar-refractivity contribution in [1.82, 2.24) is 5.32 Å². The summed E-state index contributed by atoms with van der Waals surface area (Å²) in [6.07, 6.45) is -2.59. The molecule has 6 heteroatoms. The Morgan fingerprint density at radius 3 is 2.50 bits per heavy atom. The van der Waals surface area contributed by atoms with Crippen LogP contribution in [0.2, 0.25) is 0 Å². The fourth-order valence-electron chi connectivity index (χ4n) is 2.61. The van der Waals surface area contributed by atoms with Gasteiger partial charge < -0.3 is 10.1 Å². The smallest absolute Gasteiger partial charge is 0.381 e. The standard InChI is InChI=1S/C18H20F3NO2/c1-13(15-8-11-24-12-9-15)17(23)22-10-2-3-14-4-6-16(7-5-14)18(19,20)21/h4-7,13,15H,8-12H2,1H3,(H,22,23)/t13-/m0/s1. The molecule has 0 radical (unpaired) electrons. The minimum Gasteiger partial charge on any atom is -0.381 e. The molecule has 2 rings (SSSR count). The van der Waals surface area contributed by atoms with E-state index in [2.05, 4.69) is 17.2 Å². The molecule has 1 amide bonds. The first-order chi connectivity index (χ1) is 11.4. The fraction of sp³-hybridized carbons (Fsp3) is 0.500. The molecule has 0 saturated carbocycles. The number of amides is 1. The highest BCUT2D eigenvalue weighted by Crippen LogP contribution is 2.29. The van der Waals surface area contributed by atoms with E-state index in [1.54, 1.807) is 0 Å². The quantitative estimate of drug-likeness (QED) is 0.859. The van der Waals surface area contributed by atoms with E-state index in [0.29, 0.717) is 24.7 Å². The van der Waals surface area contributed by atoms with Gasteiger partial charge in [-0.15, -0.1) is 0 Å². The van der Waals surface area contributed by atoms with Crippen molar-refractivity contribution in [3.63, 3.8) is 0 Å². The molecule has 1 aromatic carbocycles. The van der Waals surface area contributed by atoms with Crippen LogP contribution in [0.4, 0.5) is 13.2 Å². The fourth-order valence-corrected chi connectivity index (χ4v) is 2.61. The Labute approximate surface area is 139 Å². The first-order valence-electron chi connectivity index (χ1n) is 7.89. The Hall–Kier alpha value is -2.00. The average molecular weight is 339 g/mol. The summed E-state index contributed by atoms with van der Waals surface area (Å²) in [6.45, 7) is 3.45. The van der Waals surface area contributed by atoms with E-state index in [-0.39, 0.29) is 18.4 Å². The van der Waals surface area contributed by atoms with Crippen LogP contribution in [-0.4, -0.2) is 25.7 Å². The zero-order valence-electron chi connectivity index (χ0n) is 13.5. The summed E-state index contributed by atoms with van der Waals surface area (Å²) in [6, 6.07) is 4.64. The van der Waals surface area contributed by atoms with Crippen LogP contribution >= 0.6 is 0 Å². The van der Waals surface area contributed by atoms with Crippen molar-refractivity contribution in [3.05, 3.63) is 35.4 Å². The minimum atomic E-state index is -4.35. The van der Waals surface area contributed by atoms with Gasteiger partial charge in [0.1, 0.15) is 0 Å². The third-order valence-electron chi connectivity index (χ3n) is 4.18. The molecular weight excluding hydrogens is 319 g/mol. The van der Waals surface area contributed by atoms with Gasteiger partial charge in [0.05, 0.1) is 12.1 Å². The van der Waals surface area contributed by atoms with Gasteiger partial charge >= 0.3 is 6.18 Å². The normalized spacial score (nSPS) is 16.8. The molecule has 1 saturated heterocycles. The molecule has 0 aliphatic carbocycles. The molecule has 0 aromatic heterocycles. The maximum Gasteiger partial charge on any atom is 0.416 e. The van der Waals surface area contributed by atoms with E-state index in [1.807, 2.05) is 6.92 Å². The lowest BCUT2D eigenvalue weighted by Crippen LogP contribution is -2.35. The molecule has 1 aliphatic rings. The third-order valence-corrected chi connectivity index (χ3v) is 4.18. The van der Waals surface area contributed by atoms with Crippen molar-refractivity contribution in [3.8, 4) is 11.8 Å². The number of carbonyl (C=O) groups excluding carboxylic acids is 1. The number of alkyl halides is 3. The molecule has 1 heterocycles. The SMILES string of the molecule is C[C@H](C(=O)NCC#Cc1ccc(C(F)(F)F)cc1)C1CCOCC1. The van der Waals surface area contributed by atoms with E-state index >= 15 is 0 Å². The number of carbonyl (C=O) groups is 1. The maximum absolute atomic E-state index is 12.5. The average Bonchev–Trinajstić information content (AvgIpc) is 2.58. The van der Waals surface area contributed by atoms with Crippen LogP contribution in [0.1, 0.15) is 30.9 Å². The zero-order valence-corrected chi connectivity index (χ0v) is 13.5. The Balaban J connectivity index is 1.81. The summed E-state index contributed by atoms with van der Waals surface area (Å²) in [4.78, 5) is 12.1. The van der Waals surface area contributed by atoms with Gasteiger partial charge in [-0.2, -0.15) is 13.2 Å². The molecular formula is C18H20F3NO2. The molecule has 0 bridgehead atoms. The predicted molar refractivity (Wildman–Crippen MR) is 84.0 cm³/mol. The number of halogens is 3. The second-order valence-electron chi connectivity index (χ2n) is 5.83. The van der Waals surface area contributed by atoms with Gasteiger partial charge in [0, 0.05) is 24.7 Å². The monoisotopic (exact) mass is 339 g/mol. The molecule has 1 aliphatic heterocycles. The number of benzene rings is 1. The molecule has 3 nitrogen and oxygen atoms in total. The highest BCUT2D eigenvalue weighted by molar-refractivity contribution is 5.78. The molecule has 1 atom stereocenters. The molecule has 1 aromatic rings. The van der Waals surface area contributed by atoms with Gasteiger partial charge in [-0.3, -0.25) is 4.79 Å². The Morgan fingerprint density at radius 1 is 1.29 bits per heavy atom. The van der Waals surface area contributed by atoms with Gasteiger partial charge in [0.25, 0.3) is 0 Å². The van der Waals surface area contributed by atoms with Crippen molar-refractivity contribution in [2.45, 2.75) is 25.9 Å². The van der Waals surface area contributed by atoms with E-state index in [9.17, 15) is 18.0 Å². The Morgan fingerprint density at radius 2 is 1.92 bits per heavy atom. The first-order valence-corrected chi connectivity index (χ1v) is 7.89. The highest BCUT2D eigenvalue weighted by atomic mass is 19.4. The molecule has 1 fully saturated rings. The number of hydrogen-bond acceptors (Lipinski definition) is 2. The van der Waals surface area contributed by atoms with Crippen molar-refractivity contribution < 1.29 is 22.7 Å².